The van der Waals surface area contributed by atoms with Crippen molar-refractivity contribution in [2.75, 3.05) is 7.11 Å². The Hall–Kier alpha value is -0.830. The number of carbonyl (C=O) groups is 1. The van der Waals surface area contributed by atoms with Gasteiger partial charge >= 0.3 is 5.97 Å². The first-order valence-corrected chi connectivity index (χ1v) is 5.58. The van der Waals surface area contributed by atoms with Crippen LogP contribution in [0.15, 0.2) is 11.1 Å². The molecule has 4 atom stereocenters. The predicted molar refractivity (Wildman–Crippen MR) is 58.1 cm³/mol. The minimum Gasteiger partial charge on any atom is -0.469 e. The van der Waals surface area contributed by atoms with Crippen LogP contribution in [0.3, 0.4) is 0 Å². The number of hydrogen-bond donors (Lipinski definition) is 1. The lowest BCUT2D eigenvalue weighted by Gasteiger charge is -2.24. The van der Waals surface area contributed by atoms with Gasteiger partial charge in [-0.1, -0.05) is 11.1 Å². The topological polar surface area (TPSA) is 52.3 Å². The van der Waals surface area contributed by atoms with Crippen molar-refractivity contribution in [3.05, 3.63) is 11.1 Å². The van der Waals surface area contributed by atoms with Crippen molar-refractivity contribution in [2.24, 2.45) is 23.5 Å². The maximum Gasteiger partial charge on any atom is 0.310 e. The molecule has 2 aliphatic carbocycles. The minimum absolute atomic E-state index is 0.0268. The minimum atomic E-state index is -0.131. The summed E-state index contributed by atoms with van der Waals surface area (Å²) in [6, 6.07) is -0.0268. The molecule has 0 aliphatic heterocycles. The Kier molecular flexibility index (Phi) is 2.59. The van der Waals surface area contributed by atoms with Crippen LogP contribution in [0, 0.1) is 17.8 Å². The molecular formula is C12H19NO2. The van der Waals surface area contributed by atoms with Gasteiger partial charge in [-0.2, -0.15) is 0 Å². The summed E-state index contributed by atoms with van der Waals surface area (Å²) in [5.74, 6) is 0.540. The Balaban J connectivity index is 2.33. The molecule has 3 nitrogen and oxygen atoms in total. The summed E-state index contributed by atoms with van der Waals surface area (Å²) in [7, 11) is 1.45. The average Bonchev–Trinajstić information content (AvgIpc) is 2.72. The van der Waals surface area contributed by atoms with Crippen molar-refractivity contribution in [3.8, 4) is 0 Å². The first kappa shape index (κ1) is 10.7. The van der Waals surface area contributed by atoms with Crippen LogP contribution >= 0.6 is 0 Å². The fraction of sp³-hybridized carbons (Fsp3) is 0.750. The van der Waals surface area contributed by atoms with Gasteiger partial charge in [0, 0.05) is 6.04 Å². The van der Waals surface area contributed by atoms with Crippen molar-refractivity contribution >= 4 is 5.97 Å². The quantitative estimate of drug-likeness (QED) is 0.525. The summed E-state index contributed by atoms with van der Waals surface area (Å²) in [6.07, 6.45) is 2.23. The fourth-order valence-corrected chi connectivity index (χ4v) is 3.44. The Morgan fingerprint density at radius 2 is 1.93 bits per heavy atom. The molecule has 15 heavy (non-hydrogen) atoms. The molecule has 0 aromatic carbocycles. The normalized spacial score (nSPS) is 38.3. The van der Waals surface area contributed by atoms with Gasteiger partial charge in [0.1, 0.15) is 0 Å². The molecule has 0 amide bonds. The maximum absolute atomic E-state index is 11.7. The maximum atomic E-state index is 11.7. The standard InChI is InChI=1S/C12H19NO2/c1-6(2)9-7-4-5-8(9)11(13)10(7)12(14)15-3/h7-8,10-11H,4-5,13H2,1-3H3/t7?,8?,10-,11+/m0/s1. The number of esters is 1. The van der Waals surface area contributed by atoms with Gasteiger partial charge in [-0.25, -0.2) is 0 Å². The summed E-state index contributed by atoms with van der Waals surface area (Å²) >= 11 is 0. The van der Waals surface area contributed by atoms with Gasteiger partial charge in [0.2, 0.25) is 0 Å². The number of carbonyl (C=O) groups excluding carboxylic acids is 1. The summed E-state index contributed by atoms with van der Waals surface area (Å²) in [5, 5.41) is 0. The monoisotopic (exact) mass is 209 g/mol. The molecule has 2 fully saturated rings. The highest BCUT2D eigenvalue weighted by atomic mass is 16.5. The molecule has 0 radical (unpaired) electrons. The van der Waals surface area contributed by atoms with E-state index in [1.807, 2.05) is 0 Å². The highest BCUT2D eigenvalue weighted by Gasteiger charge is 2.53. The second-order valence-electron chi connectivity index (χ2n) is 4.87. The molecule has 2 aliphatic rings. The van der Waals surface area contributed by atoms with Gasteiger partial charge in [-0.05, 0) is 38.5 Å². The third-order valence-corrected chi connectivity index (χ3v) is 3.95. The smallest absolute Gasteiger partial charge is 0.310 e. The lowest BCUT2D eigenvalue weighted by atomic mass is 9.85. The van der Waals surface area contributed by atoms with E-state index in [9.17, 15) is 4.79 Å². The van der Waals surface area contributed by atoms with Gasteiger partial charge in [0.15, 0.2) is 0 Å². The van der Waals surface area contributed by atoms with E-state index >= 15 is 0 Å². The predicted octanol–water partition coefficient (Wildman–Crippen LogP) is 1.48. The first-order valence-electron chi connectivity index (χ1n) is 5.58. The highest BCUT2D eigenvalue weighted by molar-refractivity contribution is 5.75. The van der Waals surface area contributed by atoms with E-state index in [1.165, 1.54) is 18.3 Å². The zero-order valence-corrected chi connectivity index (χ0v) is 9.62. The molecule has 0 aromatic heterocycles. The van der Waals surface area contributed by atoms with Crippen molar-refractivity contribution in [2.45, 2.75) is 32.7 Å². The van der Waals surface area contributed by atoms with Crippen LogP contribution in [0.1, 0.15) is 26.7 Å². The molecular weight excluding hydrogens is 190 g/mol. The van der Waals surface area contributed by atoms with Crippen LogP contribution < -0.4 is 5.73 Å². The molecule has 0 spiro atoms. The Bertz CT molecular complexity index is 318. The number of methoxy groups -OCH3 is 1. The zero-order valence-electron chi connectivity index (χ0n) is 9.62. The molecule has 0 heterocycles. The molecule has 2 unspecified atom stereocenters. The number of rotatable bonds is 1. The number of nitrogens with two attached hydrogens (primary N) is 1. The number of fused-ring (bicyclic) bond motifs is 2. The van der Waals surface area contributed by atoms with E-state index in [1.54, 1.807) is 0 Å². The molecule has 2 N–H and O–H groups in total. The van der Waals surface area contributed by atoms with Crippen LogP contribution in [-0.4, -0.2) is 19.1 Å². The number of hydrogen-bond acceptors (Lipinski definition) is 3. The lowest BCUT2D eigenvalue weighted by molar-refractivity contribution is -0.147. The SMILES string of the molecule is COC(=O)[C@H]1C2CCC(C2=C(C)C)[C@H]1N. The molecule has 0 aromatic rings. The van der Waals surface area contributed by atoms with Gasteiger partial charge in [0.05, 0.1) is 13.0 Å². The molecule has 2 rings (SSSR count). The molecule has 84 valence electrons. The summed E-state index contributed by atoms with van der Waals surface area (Å²) in [5.41, 5.74) is 8.90. The lowest BCUT2D eigenvalue weighted by Crippen LogP contribution is -2.40. The summed E-state index contributed by atoms with van der Waals surface area (Å²) < 4.78 is 4.84. The number of allylic oxidation sites excluding steroid dienone is 1. The van der Waals surface area contributed by atoms with E-state index < -0.39 is 0 Å². The second-order valence-corrected chi connectivity index (χ2v) is 4.87. The Morgan fingerprint density at radius 1 is 1.33 bits per heavy atom. The first-order chi connectivity index (χ1) is 7.07. The number of ether oxygens (including phenoxy) is 1. The van der Waals surface area contributed by atoms with E-state index in [2.05, 4.69) is 13.8 Å². The fourth-order valence-electron chi connectivity index (χ4n) is 3.44. The van der Waals surface area contributed by atoms with Gasteiger partial charge in [0.25, 0.3) is 0 Å². The van der Waals surface area contributed by atoms with Crippen molar-refractivity contribution < 1.29 is 9.53 Å². The Labute approximate surface area is 90.7 Å². The Morgan fingerprint density at radius 3 is 2.40 bits per heavy atom. The van der Waals surface area contributed by atoms with Crippen LogP contribution in [0.2, 0.25) is 0 Å². The molecule has 3 heteroatoms. The van der Waals surface area contributed by atoms with Crippen molar-refractivity contribution in [1.29, 1.82) is 0 Å². The van der Waals surface area contributed by atoms with Gasteiger partial charge in [-0.3, -0.25) is 4.79 Å². The average molecular weight is 209 g/mol. The van der Waals surface area contributed by atoms with Crippen LogP contribution in [0.5, 0.6) is 0 Å². The van der Waals surface area contributed by atoms with Crippen LogP contribution in [0.4, 0.5) is 0 Å². The van der Waals surface area contributed by atoms with Gasteiger partial charge < -0.3 is 10.5 Å². The highest BCUT2D eigenvalue weighted by Crippen LogP contribution is 2.53. The molecule has 0 saturated heterocycles. The van der Waals surface area contributed by atoms with E-state index in [0.29, 0.717) is 11.8 Å². The van der Waals surface area contributed by atoms with Crippen molar-refractivity contribution in [3.63, 3.8) is 0 Å². The summed E-state index contributed by atoms with van der Waals surface area (Å²) in [4.78, 5) is 11.7. The second kappa shape index (κ2) is 3.63. The van der Waals surface area contributed by atoms with Crippen LogP contribution in [0.25, 0.3) is 0 Å². The zero-order chi connectivity index (χ0) is 11.2. The van der Waals surface area contributed by atoms with E-state index in [0.717, 1.165) is 12.8 Å². The third kappa shape index (κ3) is 1.41. The largest absolute Gasteiger partial charge is 0.469 e. The van der Waals surface area contributed by atoms with Crippen molar-refractivity contribution in [1.82, 2.24) is 0 Å². The third-order valence-electron chi connectivity index (χ3n) is 3.95. The molecule has 2 bridgehead atoms. The van der Waals surface area contributed by atoms with E-state index in [-0.39, 0.29) is 17.9 Å². The molecule has 2 saturated carbocycles. The van der Waals surface area contributed by atoms with Gasteiger partial charge in [-0.15, -0.1) is 0 Å². The van der Waals surface area contributed by atoms with E-state index in [4.69, 9.17) is 10.5 Å². The summed E-state index contributed by atoms with van der Waals surface area (Å²) in [6.45, 7) is 4.24. The van der Waals surface area contributed by atoms with Crippen LogP contribution in [-0.2, 0) is 9.53 Å².